The van der Waals surface area contributed by atoms with Gasteiger partial charge in [0.15, 0.2) is 0 Å². The summed E-state index contributed by atoms with van der Waals surface area (Å²) in [5.74, 6) is -0.423. The van der Waals surface area contributed by atoms with Crippen molar-refractivity contribution >= 4 is 21.8 Å². The maximum absolute atomic E-state index is 13.1. The maximum atomic E-state index is 13.1. The van der Waals surface area contributed by atoms with Crippen LogP contribution in [-0.4, -0.2) is 31.7 Å². The third-order valence-corrected chi connectivity index (χ3v) is 6.41. The summed E-state index contributed by atoms with van der Waals surface area (Å²) in [5, 5.41) is 0. The molecule has 1 aliphatic heterocycles. The van der Waals surface area contributed by atoms with Crippen molar-refractivity contribution < 1.29 is 13.2 Å². The fourth-order valence-corrected chi connectivity index (χ4v) is 4.85. The second kappa shape index (κ2) is 7.91. The second-order valence-electron chi connectivity index (χ2n) is 6.42. The van der Waals surface area contributed by atoms with E-state index in [1.165, 1.54) is 9.87 Å². The molecule has 1 aliphatic rings. The minimum atomic E-state index is -3.84. The van der Waals surface area contributed by atoms with E-state index in [0.29, 0.717) is 30.6 Å². The zero-order valence-electron chi connectivity index (χ0n) is 15.0. The molecule has 0 bridgehead atoms. The van der Waals surface area contributed by atoms with E-state index in [-0.39, 0.29) is 6.54 Å². The number of hydrogen-bond acceptors (Lipinski definition) is 3. The molecule has 138 valence electrons. The first-order chi connectivity index (χ1) is 12.6. The van der Waals surface area contributed by atoms with Crippen LogP contribution in [0.5, 0.6) is 0 Å². The molecule has 5 nitrogen and oxygen atoms in total. The van der Waals surface area contributed by atoms with Gasteiger partial charge in [0.05, 0.1) is 11.3 Å². The Bertz CT molecular complexity index is 866. The number of unbranched alkanes of at least 4 members (excludes halogenated alkanes) is 1. The predicted octanol–water partition coefficient (Wildman–Crippen LogP) is 3.63. The minimum absolute atomic E-state index is 0.223. The monoisotopic (exact) mass is 372 g/mol. The zero-order chi connectivity index (χ0) is 18.6. The summed E-state index contributed by atoms with van der Waals surface area (Å²) in [4.78, 5) is 12.7. The quantitative estimate of drug-likeness (QED) is 0.746. The number of anilines is 1. The number of rotatable bonds is 7. The van der Waals surface area contributed by atoms with Crippen molar-refractivity contribution in [2.24, 2.45) is 0 Å². The van der Waals surface area contributed by atoms with Gasteiger partial charge in [0.25, 0.3) is 5.91 Å². The Morgan fingerprint density at radius 3 is 2.23 bits per heavy atom. The van der Waals surface area contributed by atoms with Gasteiger partial charge in [-0.05, 0) is 37.0 Å². The van der Waals surface area contributed by atoms with E-state index >= 15 is 0 Å². The number of fused-ring (bicyclic) bond motifs is 1. The van der Waals surface area contributed by atoms with Gasteiger partial charge in [0.2, 0.25) is 0 Å². The lowest BCUT2D eigenvalue weighted by molar-refractivity contribution is 0.0856. The van der Waals surface area contributed by atoms with E-state index in [1.54, 1.807) is 24.3 Å². The molecule has 3 rings (SSSR count). The standard InChI is InChI=1S/C20H24N2O3S/c1-2-3-15-22-20(23)18-13-7-8-14-19(18)21(26(22,24)25)16-9-12-17-10-5-4-6-11-17/h4-8,10-11,13-14H,2-3,9,12,15-16H2,1H3. The normalized spacial score (nSPS) is 15.8. The van der Waals surface area contributed by atoms with E-state index < -0.39 is 16.1 Å². The average molecular weight is 372 g/mol. The third-order valence-electron chi connectivity index (χ3n) is 4.57. The molecule has 6 heteroatoms. The van der Waals surface area contributed by atoms with Crippen LogP contribution in [0.15, 0.2) is 54.6 Å². The topological polar surface area (TPSA) is 57.7 Å². The van der Waals surface area contributed by atoms with Crippen molar-refractivity contribution in [3.63, 3.8) is 0 Å². The molecular weight excluding hydrogens is 348 g/mol. The summed E-state index contributed by atoms with van der Waals surface area (Å²) in [6, 6.07) is 17.0. The molecule has 2 aromatic carbocycles. The lowest BCUT2D eigenvalue weighted by Gasteiger charge is -2.37. The number of carbonyl (C=O) groups is 1. The highest BCUT2D eigenvalue weighted by Gasteiger charge is 2.40. The number of carbonyl (C=O) groups excluding carboxylic acids is 1. The van der Waals surface area contributed by atoms with Crippen molar-refractivity contribution in [1.82, 2.24) is 4.31 Å². The Labute approximate surface area is 155 Å². The fourth-order valence-electron chi connectivity index (χ4n) is 3.18. The van der Waals surface area contributed by atoms with Crippen LogP contribution < -0.4 is 4.31 Å². The third kappa shape index (κ3) is 3.60. The minimum Gasteiger partial charge on any atom is -0.268 e. The smallest absolute Gasteiger partial charge is 0.268 e. The maximum Gasteiger partial charge on any atom is 0.328 e. The fraction of sp³-hybridized carbons (Fsp3) is 0.350. The van der Waals surface area contributed by atoms with Gasteiger partial charge in [-0.3, -0.25) is 9.10 Å². The van der Waals surface area contributed by atoms with Gasteiger partial charge < -0.3 is 0 Å². The number of para-hydroxylation sites is 1. The second-order valence-corrected chi connectivity index (χ2v) is 8.19. The highest BCUT2D eigenvalue weighted by molar-refractivity contribution is 7.91. The Morgan fingerprint density at radius 2 is 1.50 bits per heavy atom. The van der Waals surface area contributed by atoms with E-state index in [1.807, 2.05) is 37.3 Å². The van der Waals surface area contributed by atoms with Crippen molar-refractivity contribution in [1.29, 1.82) is 0 Å². The molecule has 0 aromatic heterocycles. The van der Waals surface area contributed by atoms with Crippen LogP contribution in [-0.2, 0) is 16.6 Å². The van der Waals surface area contributed by atoms with E-state index in [2.05, 4.69) is 0 Å². The molecule has 0 aliphatic carbocycles. The predicted molar refractivity (Wildman–Crippen MR) is 103 cm³/mol. The summed E-state index contributed by atoms with van der Waals surface area (Å²) in [5.41, 5.74) is 2.12. The summed E-state index contributed by atoms with van der Waals surface area (Å²) in [6.45, 7) is 2.55. The van der Waals surface area contributed by atoms with Crippen molar-refractivity contribution in [2.75, 3.05) is 17.4 Å². The molecule has 0 saturated carbocycles. The van der Waals surface area contributed by atoms with E-state index in [0.717, 1.165) is 17.1 Å². The number of nitrogens with zero attached hydrogens (tertiary/aromatic N) is 2. The molecule has 2 aromatic rings. The van der Waals surface area contributed by atoms with Gasteiger partial charge in [0.1, 0.15) is 0 Å². The molecular formula is C20H24N2O3S. The Morgan fingerprint density at radius 1 is 0.846 bits per heavy atom. The summed E-state index contributed by atoms with van der Waals surface area (Å²) < 4.78 is 28.6. The molecule has 0 atom stereocenters. The number of benzene rings is 2. The summed E-state index contributed by atoms with van der Waals surface area (Å²) in [6.07, 6.45) is 2.96. The first kappa shape index (κ1) is 18.5. The molecule has 0 fully saturated rings. The van der Waals surface area contributed by atoms with Crippen LogP contribution >= 0.6 is 0 Å². The van der Waals surface area contributed by atoms with Crippen LogP contribution in [0.2, 0.25) is 0 Å². The molecule has 0 radical (unpaired) electrons. The van der Waals surface area contributed by atoms with Gasteiger partial charge >= 0.3 is 10.2 Å². The van der Waals surface area contributed by atoms with Gasteiger partial charge in [-0.1, -0.05) is 55.8 Å². The first-order valence-electron chi connectivity index (χ1n) is 9.03. The Hall–Kier alpha value is -2.34. The van der Waals surface area contributed by atoms with Crippen LogP contribution in [0.1, 0.15) is 42.1 Å². The molecule has 1 amide bonds. The van der Waals surface area contributed by atoms with Gasteiger partial charge in [0, 0.05) is 13.1 Å². The highest BCUT2D eigenvalue weighted by Crippen LogP contribution is 2.32. The van der Waals surface area contributed by atoms with E-state index in [9.17, 15) is 13.2 Å². The molecule has 1 heterocycles. The lowest BCUT2D eigenvalue weighted by Crippen LogP contribution is -2.52. The molecule has 0 N–H and O–H groups in total. The van der Waals surface area contributed by atoms with Gasteiger partial charge in [-0.15, -0.1) is 0 Å². The van der Waals surface area contributed by atoms with Crippen LogP contribution in [0.25, 0.3) is 0 Å². The molecule has 0 spiro atoms. The Kier molecular flexibility index (Phi) is 5.61. The van der Waals surface area contributed by atoms with Crippen molar-refractivity contribution in [3.8, 4) is 0 Å². The number of amides is 1. The van der Waals surface area contributed by atoms with E-state index in [4.69, 9.17) is 0 Å². The lowest BCUT2D eigenvalue weighted by atomic mass is 10.1. The summed E-state index contributed by atoms with van der Waals surface area (Å²) in [7, 11) is -3.84. The first-order valence-corrected chi connectivity index (χ1v) is 10.4. The van der Waals surface area contributed by atoms with Crippen molar-refractivity contribution in [3.05, 3.63) is 65.7 Å². The molecule has 26 heavy (non-hydrogen) atoms. The number of aryl methyl sites for hydroxylation is 1. The van der Waals surface area contributed by atoms with Crippen LogP contribution in [0, 0.1) is 0 Å². The highest BCUT2D eigenvalue weighted by atomic mass is 32.2. The van der Waals surface area contributed by atoms with Gasteiger partial charge in [-0.25, -0.2) is 4.31 Å². The van der Waals surface area contributed by atoms with Crippen LogP contribution in [0.4, 0.5) is 5.69 Å². The average Bonchev–Trinajstić information content (AvgIpc) is 2.65. The zero-order valence-corrected chi connectivity index (χ0v) is 15.8. The van der Waals surface area contributed by atoms with Gasteiger partial charge in [-0.2, -0.15) is 8.42 Å². The van der Waals surface area contributed by atoms with Crippen LogP contribution in [0.3, 0.4) is 0 Å². The largest absolute Gasteiger partial charge is 0.328 e. The molecule has 0 saturated heterocycles. The molecule has 0 unspecified atom stereocenters. The SMILES string of the molecule is CCCCN1C(=O)c2ccccc2N(CCCc2ccccc2)S1(=O)=O. The summed E-state index contributed by atoms with van der Waals surface area (Å²) >= 11 is 0. The van der Waals surface area contributed by atoms with Crippen molar-refractivity contribution in [2.45, 2.75) is 32.6 Å². The number of hydrogen-bond donors (Lipinski definition) is 0. The Balaban J connectivity index is 1.86.